The number of rotatable bonds is 4. The average Bonchev–Trinajstić information content (AvgIpc) is 2.28. The minimum atomic E-state index is -0.207. The Kier molecular flexibility index (Phi) is 4.31. The molecule has 15 heavy (non-hydrogen) atoms. The highest BCUT2D eigenvalue weighted by Gasteiger charge is 2.09. The Bertz CT molecular complexity index is 347. The minimum Gasteiger partial charge on any atom is -0.290 e. The zero-order chi connectivity index (χ0) is 11.3. The van der Waals surface area contributed by atoms with Crippen molar-refractivity contribution in [3.8, 4) is 0 Å². The van der Waals surface area contributed by atoms with E-state index >= 15 is 0 Å². The molecule has 0 aliphatic rings. The van der Waals surface area contributed by atoms with Crippen LogP contribution >= 0.6 is 0 Å². The van der Waals surface area contributed by atoms with Gasteiger partial charge in [-0.05, 0) is 30.0 Å². The lowest BCUT2D eigenvalue weighted by Crippen LogP contribution is -2.30. The summed E-state index contributed by atoms with van der Waals surface area (Å²) in [5.74, 6) is 4.93. The van der Waals surface area contributed by atoms with Crippen molar-refractivity contribution in [1.82, 2.24) is 5.43 Å². The third kappa shape index (κ3) is 2.80. The number of nitrogen functional groups attached to an aromatic ring is 1. The van der Waals surface area contributed by atoms with E-state index in [0.717, 1.165) is 24.8 Å². The molecule has 1 amide bonds. The van der Waals surface area contributed by atoms with E-state index in [4.69, 9.17) is 5.84 Å². The van der Waals surface area contributed by atoms with Gasteiger partial charge in [-0.25, -0.2) is 5.84 Å². The number of carbonyl (C=O) groups is 1. The molecule has 0 aliphatic carbocycles. The van der Waals surface area contributed by atoms with Gasteiger partial charge in [-0.3, -0.25) is 10.2 Å². The Labute approximate surface area is 90.6 Å². The van der Waals surface area contributed by atoms with E-state index in [9.17, 15) is 4.79 Å². The molecule has 0 fully saturated rings. The molecule has 0 aliphatic heterocycles. The SMILES string of the molecule is CCCc1cc(CC)ccc1C(=O)NN. The van der Waals surface area contributed by atoms with Crippen LogP contribution in [0.15, 0.2) is 18.2 Å². The molecule has 0 aromatic heterocycles. The van der Waals surface area contributed by atoms with Crippen LogP contribution in [0.2, 0.25) is 0 Å². The second kappa shape index (κ2) is 5.51. The van der Waals surface area contributed by atoms with Crippen molar-refractivity contribution in [2.45, 2.75) is 33.1 Å². The molecule has 0 bridgehead atoms. The quantitative estimate of drug-likeness (QED) is 0.448. The maximum Gasteiger partial charge on any atom is 0.265 e. The van der Waals surface area contributed by atoms with Crippen LogP contribution in [0.1, 0.15) is 41.8 Å². The maximum absolute atomic E-state index is 11.5. The smallest absolute Gasteiger partial charge is 0.265 e. The largest absolute Gasteiger partial charge is 0.290 e. The van der Waals surface area contributed by atoms with Crippen LogP contribution in [0.25, 0.3) is 0 Å². The Hall–Kier alpha value is -1.35. The molecule has 0 atom stereocenters. The molecule has 3 heteroatoms. The lowest BCUT2D eigenvalue weighted by atomic mass is 9.99. The van der Waals surface area contributed by atoms with Crippen LogP contribution in [0.3, 0.4) is 0 Å². The topological polar surface area (TPSA) is 55.1 Å². The van der Waals surface area contributed by atoms with Crippen molar-refractivity contribution in [1.29, 1.82) is 0 Å². The lowest BCUT2D eigenvalue weighted by molar-refractivity contribution is 0.0952. The Balaban J connectivity index is 3.08. The summed E-state index contributed by atoms with van der Waals surface area (Å²) < 4.78 is 0. The summed E-state index contributed by atoms with van der Waals surface area (Å²) in [5.41, 5.74) is 5.21. The first-order valence-corrected chi connectivity index (χ1v) is 5.35. The molecule has 1 aromatic carbocycles. The normalized spacial score (nSPS) is 10.1. The van der Waals surface area contributed by atoms with Crippen LogP contribution < -0.4 is 11.3 Å². The predicted octanol–water partition coefficient (Wildman–Crippen LogP) is 1.81. The summed E-state index contributed by atoms with van der Waals surface area (Å²) in [6, 6.07) is 5.92. The number of benzene rings is 1. The number of aryl methyl sites for hydroxylation is 2. The molecule has 0 heterocycles. The van der Waals surface area contributed by atoms with Gasteiger partial charge in [0.2, 0.25) is 0 Å². The van der Waals surface area contributed by atoms with E-state index in [1.165, 1.54) is 5.56 Å². The molecule has 0 spiro atoms. The average molecular weight is 206 g/mol. The summed E-state index contributed by atoms with van der Waals surface area (Å²) in [4.78, 5) is 11.5. The second-order valence-corrected chi connectivity index (χ2v) is 3.57. The zero-order valence-electron chi connectivity index (χ0n) is 9.34. The molecular formula is C12H18N2O. The van der Waals surface area contributed by atoms with Crippen LogP contribution in [-0.2, 0) is 12.8 Å². The monoisotopic (exact) mass is 206 g/mol. The van der Waals surface area contributed by atoms with Crippen molar-refractivity contribution in [2.75, 3.05) is 0 Å². The van der Waals surface area contributed by atoms with Crippen molar-refractivity contribution in [3.05, 3.63) is 34.9 Å². The summed E-state index contributed by atoms with van der Waals surface area (Å²) in [5, 5.41) is 0. The Morgan fingerprint density at radius 2 is 2.13 bits per heavy atom. The van der Waals surface area contributed by atoms with Gasteiger partial charge in [0.05, 0.1) is 0 Å². The minimum absolute atomic E-state index is 0.207. The Morgan fingerprint density at radius 3 is 2.67 bits per heavy atom. The first-order valence-electron chi connectivity index (χ1n) is 5.35. The first kappa shape index (κ1) is 11.7. The molecule has 3 nitrogen and oxygen atoms in total. The molecule has 0 saturated carbocycles. The molecule has 1 rings (SSSR count). The molecule has 82 valence electrons. The number of amides is 1. The van der Waals surface area contributed by atoms with Gasteiger partial charge in [-0.2, -0.15) is 0 Å². The highest BCUT2D eigenvalue weighted by molar-refractivity contribution is 5.95. The van der Waals surface area contributed by atoms with Crippen LogP contribution in [0.5, 0.6) is 0 Å². The van der Waals surface area contributed by atoms with E-state index in [1.807, 2.05) is 12.1 Å². The fourth-order valence-electron chi connectivity index (χ4n) is 1.64. The molecular weight excluding hydrogens is 188 g/mol. The number of nitrogens with two attached hydrogens (primary N) is 1. The molecule has 3 N–H and O–H groups in total. The molecule has 0 radical (unpaired) electrons. The fourth-order valence-corrected chi connectivity index (χ4v) is 1.64. The summed E-state index contributed by atoms with van der Waals surface area (Å²) in [6.07, 6.45) is 2.93. The predicted molar refractivity (Wildman–Crippen MR) is 61.5 cm³/mol. The van der Waals surface area contributed by atoms with E-state index in [0.29, 0.717) is 5.56 Å². The van der Waals surface area contributed by atoms with Crippen LogP contribution in [0.4, 0.5) is 0 Å². The van der Waals surface area contributed by atoms with E-state index in [2.05, 4.69) is 25.3 Å². The zero-order valence-corrected chi connectivity index (χ0v) is 9.34. The molecule has 1 aromatic rings. The fraction of sp³-hybridized carbons (Fsp3) is 0.417. The lowest BCUT2D eigenvalue weighted by Gasteiger charge is -2.09. The number of nitrogens with one attached hydrogen (secondary N) is 1. The summed E-state index contributed by atoms with van der Waals surface area (Å²) in [6.45, 7) is 4.20. The number of carbonyl (C=O) groups excluding carboxylic acids is 1. The van der Waals surface area contributed by atoms with Crippen LogP contribution in [-0.4, -0.2) is 5.91 Å². The number of hydrazine groups is 1. The van der Waals surface area contributed by atoms with E-state index < -0.39 is 0 Å². The van der Waals surface area contributed by atoms with Crippen molar-refractivity contribution in [2.24, 2.45) is 5.84 Å². The van der Waals surface area contributed by atoms with Gasteiger partial charge in [0, 0.05) is 5.56 Å². The van der Waals surface area contributed by atoms with Crippen molar-refractivity contribution >= 4 is 5.91 Å². The number of hydrogen-bond acceptors (Lipinski definition) is 2. The maximum atomic E-state index is 11.5. The molecule has 0 saturated heterocycles. The Morgan fingerprint density at radius 1 is 1.40 bits per heavy atom. The first-order chi connectivity index (χ1) is 7.22. The summed E-state index contributed by atoms with van der Waals surface area (Å²) >= 11 is 0. The van der Waals surface area contributed by atoms with E-state index in [-0.39, 0.29) is 5.91 Å². The third-order valence-corrected chi connectivity index (χ3v) is 2.47. The molecule has 0 unspecified atom stereocenters. The van der Waals surface area contributed by atoms with Crippen molar-refractivity contribution < 1.29 is 4.79 Å². The number of hydrogen-bond donors (Lipinski definition) is 2. The van der Waals surface area contributed by atoms with Crippen LogP contribution in [0, 0.1) is 0 Å². The standard InChI is InChI=1S/C12H18N2O/c1-3-5-10-8-9(4-2)6-7-11(10)12(15)14-13/h6-8H,3-5,13H2,1-2H3,(H,14,15). The van der Waals surface area contributed by atoms with Gasteiger partial charge in [-0.1, -0.05) is 32.4 Å². The van der Waals surface area contributed by atoms with Gasteiger partial charge in [0.15, 0.2) is 0 Å². The highest BCUT2D eigenvalue weighted by Crippen LogP contribution is 2.14. The van der Waals surface area contributed by atoms with Crippen molar-refractivity contribution in [3.63, 3.8) is 0 Å². The van der Waals surface area contributed by atoms with Gasteiger partial charge in [-0.15, -0.1) is 0 Å². The van der Waals surface area contributed by atoms with E-state index in [1.54, 1.807) is 0 Å². The van der Waals surface area contributed by atoms with Gasteiger partial charge in [0.1, 0.15) is 0 Å². The third-order valence-electron chi connectivity index (χ3n) is 2.47. The van der Waals surface area contributed by atoms with Gasteiger partial charge < -0.3 is 0 Å². The van der Waals surface area contributed by atoms with Gasteiger partial charge >= 0.3 is 0 Å². The summed E-state index contributed by atoms with van der Waals surface area (Å²) in [7, 11) is 0. The highest BCUT2D eigenvalue weighted by atomic mass is 16.2. The van der Waals surface area contributed by atoms with Gasteiger partial charge in [0.25, 0.3) is 5.91 Å². The second-order valence-electron chi connectivity index (χ2n) is 3.57.